The number of morpholine rings is 1. The van der Waals surface area contributed by atoms with Gasteiger partial charge in [-0.3, -0.25) is 14.5 Å². The summed E-state index contributed by atoms with van der Waals surface area (Å²) in [7, 11) is 0. The number of carbonyl (C=O) groups excluding carboxylic acids is 2. The summed E-state index contributed by atoms with van der Waals surface area (Å²) in [5, 5.41) is 16.3. The van der Waals surface area contributed by atoms with Gasteiger partial charge in [-0.05, 0) is 51.2 Å². The lowest BCUT2D eigenvalue weighted by Crippen LogP contribution is -2.44. The Kier molecular flexibility index (Phi) is 6.52. The van der Waals surface area contributed by atoms with Gasteiger partial charge in [-0.15, -0.1) is 4.68 Å². The average Bonchev–Trinajstić information content (AvgIpc) is 3.19. The van der Waals surface area contributed by atoms with Crippen LogP contribution in [0.15, 0.2) is 24.3 Å². The first kappa shape index (κ1) is 22.2. The largest absolute Gasteiger partial charge is 0.571 e. The summed E-state index contributed by atoms with van der Waals surface area (Å²) in [6, 6.07) is 6.68. The zero-order chi connectivity index (χ0) is 22.8. The van der Waals surface area contributed by atoms with Crippen LogP contribution in [0.4, 0.5) is 0 Å². The Balaban J connectivity index is 1.14. The Hall–Kier alpha value is -2.62. The molecular weight excluding hydrogens is 422 g/mol. The number of hydrogen-bond donors (Lipinski definition) is 0. The molecule has 1 aliphatic carbocycles. The summed E-state index contributed by atoms with van der Waals surface area (Å²) in [6.07, 6.45) is 4.82. The summed E-state index contributed by atoms with van der Waals surface area (Å²) in [5.41, 5.74) is 0.741. The Morgan fingerprint density at radius 3 is 2.33 bits per heavy atom. The van der Waals surface area contributed by atoms with Crippen molar-refractivity contribution < 1.29 is 19.3 Å². The first-order valence-corrected chi connectivity index (χ1v) is 12.0. The molecule has 33 heavy (non-hydrogen) atoms. The molecule has 1 aromatic carbocycles. The second-order valence-corrected chi connectivity index (χ2v) is 9.26. The van der Waals surface area contributed by atoms with E-state index < -0.39 is 0 Å². The highest BCUT2D eigenvalue weighted by atomic mass is 16.5. The van der Waals surface area contributed by atoms with E-state index in [-0.39, 0.29) is 23.0 Å². The molecule has 3 aliphatic rings. The van der Waals surface area contributed by atoms with Gasteiger partial charge in [0.2, 0.25) is 17.3 Å². The third-order valence-electron chi connectivity index (χ3n) is 7.25. The standard InChI is InChI=1S/C24H31N5O4/c30-23-19-5-1-2-6-20(19)24(31)22-21(23)25-29(32)28(22)13-12-27-10-7-18(8-11-27)4-3-9-26-14-16-33-17-15-26/h1-2,5-6,18H,3-4,7-17H2. The molecule has 9 heteroatoms. The number of piperidine rings is 1. The molecule has 0 spiro atoms. The van der Waals surface area contributed by atoms with Gasteiger partial charge in [0.1, 0.15) is 0 Å². The van der Waals surface area contributed by atoms with Gasteiger partial charge in [0.05, 0.1) is 19.8 Å². The third kappa shape index (κ3) is 4.58. The van der Waals surface area contributed by atoms with Crippen molar-refractivity contribution in [2.45, 2.75) is 32.2 Å². The number of ether oxygens (including phenoxy) is 1. The monoisotopic (exact) mass is 453 g/mol. The smallest absolute Gasteiger partial charge is 0.220 e. The van der Waals surface area contributed by atoms with Crippen LogP contribution in [0.5, 0.6) is 0 Å². The number of carbonyl (C=O) groups is 2. The maximum absolute atomic E-state index is 13.0. The molecule has 2 aliphatic heterocycles. The lowest BCUT2D eigenvalue weighted by molar-refractivity contribution is -0.749. The molecule has 9 nitrogen and oxygen atoms in total. The molecule has 0 N–H and O–H groups in total. The molecule has 2 saturated heterocycles. The number of likely N-dealkylation sites (tertiary alicyclic amines) is 1. The fraction of sp³-hybridized carbons (Fsp3) is 0.583. The Labute approximate surface area is 193 Å². The molecule has 0 bridgehead atoms. The van der Waals surface area contributed by atoms with E-state index in [0.29, 0.717) is 29.2 Å². The van der Waals surface area contributed by atoms with Gasteiger partial charge in [0.15, 0.2) is 5.69 Å². The Morgan fingerprint density at radius 1 is 0.939 bits per heavy atom. The van der Waals surface area contributed by atoms with Crippen molar-refractivity contribution >= 4 is 11.6 Å². The van der Waals surface area contributed by atoms with Crippen molar-refractivity contribution in [3.8, 4) is 0 Å². The maximum atomic E-state index is 13.0. The zero-order valence-corrected chi connectivity index (χ0v) is 18.9. The minimum atomic E-state index is -0.360. The summed E-state index contributed by atoms with van der Waals surface area (Å²) in [4.78, 5) is 31.0. The van der Waals surface area contributed by atoms with Gasteiger partial charge in [-0.2, -0.15) is 0 Å². The predicted octanol–water partition coefficient (Wildman–Crippen LogP) is 1.12. The molecule has 176 valence electrons. The second kappa shape index (κ2) is 9.70. The SMILES string of the molecule is O=C1c2ccccc2C(=O)c2c1n[n+]([O-])n2CCN1CCC(CCCN2CCOCC2)CC1. The number of nitrogens with zero attached hydrogens (tertiary/aromatic N) is 5. The van der Waals surface area contributed by atoms with Gasteiger partial charge >= 0.3 is 0 Å². The van der Waals surface area contributed by atoms with Crippen molar-refractivity contribution in [2.75, 3.05) is 52.5 Å². The quantitative estimate of drug-likeness (QED) is 0.391. The summed E-state index contributed by atoms with van der Waals surface area (Å²) < 4.78 is 6.73. The zero-order valence-electron chi connectivity index (χ0n) is 18.9. The van der Waals surface area contributed by atoms with E-state index >= 15 is 0 Å². The van der Waals surface area contributed by atoms with Crippen LogP contribution in [-0.4, -0.2) is 83.6 Å². The van der Waals surface area contributed by atoms with E-state index in [2.05, 4.69) is 14.9 Å². The van der Waals surface area contributed by atoms with Crippen molar-refractivity contribution in [1.82, 2.24) is 19.6 Å². The highest BCUT2D eigenvalue weighted by molar-refractivity contribution is 6.26. The normalized spacial score (nSPS) is 20.1. The topological polar surface area (TPSA) is 94.6 Å². The molecule has 0 radical (unpaired) electrons. The van der Waals surface area contributed by atoms with E-state index in [1.807, 2.05) is 0 Å². The molecule has 0 amide bonds. The molecule has 2 fully saturated rings. The van der Waals surface area contributed by atoms with Gasteiger partial charge in [0.25, 0.3) is 0 Å². The van der Waals surface area contributed by atoms with Crippen LogP contribution in [0.1, 0.15) is 57.8 Å². The first-order chi connectivity index (χ1) is 16.1. The van der Waals surface area contributed by atoms with Gasteiger partial charge < -0.3 is 14.8 Å². The molecule has 3 heterocycles. The Morgan fingerprint density at radius 2 is 1.61 bits per heavy atom. The predicted molar refractivity (Wildman–Crippen MR) is 120 cm³/mol. The molecule has 0 atom stereocenters. The molecule has 5 rings (SSSR count). The van der Waals surface area contributed by atoms with Crippen molar-refractivity contribution in [2.24, 2.45) is 5.92 Å². The summed E-state index contributed by atoms with van der Waals surface area (Å²) in [5.74, 6) is 0.0890. The van der Waals surface area contributed by atoms with Crippen LogP contribution in [0.2, 0.25) is 0 Å². The first-order valence-electron chi connectivity index (χ1n) is 12.0. The van der Waals surface area contributed by atoms with Crippen molar-refractivity contribution in [1.29, 1.82) is 0 Å². The number of hydrogen-bond acceptors (Lipinski definition) is 7. The number of benzene rings is 1. The minimum Gasteiger partial charge on any atom is -0.571 e. The van der Waals surface area contributed by atoms with E-state index in [9.17, 15) is 14.8 Å². The number of aromatic nitrogens is 3. The fourth-order valence-corrected chi connectivity index (χ4v) is 5.27. The minimum absolute atomic E-state index is 0.0346. The Bertz CT molecular complexity index is 1020. The number of fused-ring (bicyclic) bond motifs is 2. The van der Waals surface area contributed by atoms with E-state index in [1.54, 1.807) is 24.3 Å². The highest BCUT2D eigenvalue weighted by Crippen LogP contribution is 2.26. The lowest BCUT2D eigenvalue weighted by Gasteiger charge is -2.32. The highest BCUT2D eigenvalue weighted by Gasteiger charge is 2.39. The van der Waals surface area contributed by atoms with Crippen molar-refractivity contribution in [3.05, 3.63) is 52.0 Å². The van der Waals surface area contributed by atoms with Crippen LogP contribution in [-0.2, 0) is 11.3 Å². The van der Waals surface area contributed by atoms with Gasteiger partial charge in [0, 0.05) is 40.8 Å². The summed E-state index contributed by atoms with van der Waals surface area (Å²) >= 11 is 0. The number of ketones is 2. The van der Waals surface area contributed by atoms with Crippen LogP contribution in [0.25, 0.3) is 0 Å². The van der Waals surface area contributed by atoms with Gasteiger partial charge in [-0.1, -0.05) is 24.3 Å². The summed E-state index contributed by atoms with van der Waals surface area (Å²) in [6.45, 7) is 7.97. The average molecular weight is 454 g/mol. The maximum Gasteiger partial charge on any atom is 0.220 e. The molecule has 1 aromatic heterocycles. The van der Waals surface area contributed by atoms with E-state index in [4.69, 9.17) is 4.74 Å². The lowest BCUT2D eigenvalue weighted by atomic mass is 9.90. The fourth-order valence-electron chi connectivity index (χ4n) is 5.27. The molecular formula is C24H31N5O4. The van der Waals surface area contributed by atoms with Crippen LogP contribution in [0, 0.1) is 11.1 Å². The van der Waals surface area contributed by atoms with Crippen LogP contribution >= 0.6 is 0 Å². The molecule has 0 unspecified atom stereocenters. The van der Waals surface area contributed by atoms with Gasteiger partial charge in [-0.25, -0.2) is 0 Å². The molecule has 0 saturated carbocycles. The number of rotatable bonds is 7. The van der Waals surface area contributed by atoms with Crippen molar-refractivity contribution in [3.63, 3.8) is 0 Å². The second-order valence-electron chi connectivity index (χ2n) is 9.26. The molecule has 2 aromatic rings. The van der Waals surface area contributed by atoms with E-state index in [1.165, 1.54) is 17.5 Å². The van der Waals surface area contributed by atoms with Crippen LogP contribution < -0.4 is 4.96 Å². The van der Waals surface area contributed by atoms with E-state index in [0.717, 1.165) is 64.7 Å². The third-order valence-corrected chi connectivity index (χ3v) is 7.25. The van der Waals surface area contributed by atoms with Crippen LogP contribution in [0.3, 0.4) is 0 Å².